The molecular formula is C16H22N3O2+. The number of quaternary nitrogens is 1. The average molecular weight is 288 g/mol. The predicted octanol–water partition coefficient (Wildman–Crippen LogP) is 1.14. The first-order valence-corrected chi connectivity index (χ1v) is 7.06. The number of ether oxygens (including phenoxy) is 1. The highest BCUT2D eigenvalue weighted by Crippen LogP contribution is 2.26. The molecule has 4 N–H and O–H groups in total. The zero-order valence-corrected chi connectivity index (χ0v) is 12.7. The highest BCUT2D eigenvalue weighted by Gasteiger charge is 2.17. The first kappa shape index (κ1) is 15.4. The summed E-state index contributed by atoms with van der Waals surface area (Å²) >= 11 is 0. The van der Waals surface area contributed by atoms with Crippen LogP contribution in [0.2, 0.25) is 0 Å². The normalized spacial score (nSPS) is 13.1. The first-order valence-electron chi connectivity index (χ1n) is 7.06. The summed E-state index contributed by atoms with van der Waals surface area (Å²) in [6.07, 6.45) is -0.533. The molecule has 0 bridgehead atoms. The van der Waals surface area contributed by atoms with Gasteiger partial charge in [0.25, 0.3) is 0 Å². The number of aromatic nitrogens is 1. The smallest absolute Gasteiger partial charge is 0.137 e. The number of hydrogen-bond acceptors (Lipinski definition) is 3. The molecule has 112 valence electrons. The van der Waals surface area contributed by atoms with Crippen LogP contribution in [-0.4, -0.2) is 34.9 Å². The predicted molar refractivity (Wildman–Crippen MR) is 81.1 cm³/mol. The van der Waals surface area contributed by atoms with Crippen LogP contribution in [0.25, 0.3) is 10.9 Å². The van der Waals surface area contributed by atoms with E-state index in [0.717, 1.165) is 10.9 Å². The monoisotopic (exact) mass is 288 g/mol. The second-order valence-corrected chi connectivity index (χ2v) is 6.28. The van der Waals surface area contributed by atoms with Crippen molar-refractivity contribution in [2.24, 2.45) is 0 Å². The summed E-state index contributed by atoms with van der Waals surface area (Å²) in [6, 6.07) is 9.45. The van der Waals surface area contributed by atoms with Gasteiger partial charge in [-0.05, 0) is 39.0 Å². The van der Waals surface area contributed by atoms with Gasteiger partial charge in [-0.2, -0.15) is 5.26 Å². The number of aliphatic hydroxyl groups is 1. The molecule has 0 amide bonds. The molecule has 21 heavy (non-hydrogen) atoms. The SMILES string of the molecule is CC(C)(C)[NH2+]CC(O)COc1cccc2[nH]c(C#N)cc12. The van der Waals surface area contributed by atoms with Crippen LogP contribution in [0.3, 0.4) is 0 Å². The van der Waals surface area contributed by atoms with Crippen LogP contribution in [0.5, 0.6) is 5.75 Å². The van der Waals surface area contributed by atoms with Gasteiger partial charge in [-0.25, -0.2) is 0 Å². The van der Waals surface area contributed by atoms with Gasteiger partial charge in [0.05, 0.1) is 11.1 Å². The van der Waals surface area contributed by atoms with E-state index in [-0.39, 0.29) is 12.1 Å². The van der Waals surface area contributed by atoms with Crippen molar-refractivity contribution < 1.29 is 15.2 Å². The minimum absolute atomic E-state index is 0.0866. The van der Waals surface area contributed by atoms with E-state index < -0.39 is 6.10 Å². The topological polar surface area (TPSA) is 85.7 Å². The lowest BCUT2D eigenvalue weighted by molar-refractivity contribution is -0.722. The molecule has 0 aliphatic carbocycles. The maximum absolute atomic E-state index is 9.98. The third-order valence-corrected chi connectivity index (χ3v) is 3.18. The molecule has 2 rings (SSSR count). The molecule has 0 aliphatic rings. The minimum atomic E-state index is -0.533. The van der Waals surface area contributed by atoms with Crippen LogP contribution < -0.4 is 10.1 Å². The van der Waals surface area contributed by atoms with E-state index in [2.05, 4.69) is 37.1 Å². The Morgan fingerprint density at radius 1 is 1.43 bits per heavy atom. The summed E-state index contributed by atoms with van der Waals surface area (Å²) in [5.41, 5.74) is 1.45. The van der Waals surface area contributed by atoms with Crippen molar-refractivity contribution in [2.75, 3.05) is 13.2 Å². The molecule has 0 fully saturated rings. The molecule has 5 nitrogen and oxygen atoms in total. The molecule has 1 aromatic heterocycles. The zero-order valence-electron chi connectivity index (χ0n) is 12.7. The summed E-state index contributed by atoms with van der Waals surface area (Å²) in [5, 5.41) is 21.9. The van der Waals surface area contributed by atoms with E-state index in [0.29, 0.717) is 18.0 Å². The molecule has 2 aromatic rings. The highest BCUT2D eigenvalue weighted by molar-refractivity contribution is 5.87. The fraction of sp³-hybridized carbons (Fsp3) is 0.438. The number of rotatable bonds is 5. The van der Waals surface area contributed by atoms with Crippen LogP contribution >= 0.6 is 0 Å². The van der Waals surface area contributed by atoms with Crippen molar-refractivity contribution in [1.82, 2.24) is 4.98 Å². The minimum Gasteiger partial charge on any atom is -0.490 e. The number of nitrogens with zero attached hydrogens (tertiary/aromatic N) is 1. The fourth-order valence-corrected chi connectivity index (χ4v) is 2.06. The Hall–Kier alpha value is -2.03. The van der Waals surface area contributed by atoms with Gasteiger partial charge in [-0.1, -0.05) is 6.07 Å². The Morgan fingerprint density at radius 2 is 2.19 bits per heavy atom. The standard InChI is InChI=1S/C16H21N3O2/c1-16(2,3)18-9-12(20)10-21-15-6-4-5-14-13(15)7-11(8-17)19-14/h4-7,12,18-20H,9-10H2,1-3H3/p+1. The third kappa shape index (κ3) is 4.22. The van der Waals surface area contributed by atoms with Gasteiger partial charge in [0.2, 0.25) is 0 Å². The second-order valence-electron chi connectivity index (χ2n) is 6.28. The number of nitriles is 1. The van der Waals surface area contributed by atoms with Crippen molar-refractivity contribution in [3.63, 3.8) is 0 Å². The molecule has 0 aliphatic heterocycles. The molecule has 1 unspecified atom stereocenters. The number of nitrogens with two attached hydrogens (primary N) is 1. The van der Waals surface area contributed by atoms with E-state index >= 15 is 0 Å². The molecule has 0 saturated heterocycles. The maximum Gasteiger partial charge on any atom is 0.137 e. The molecule has 0 saturated carbocycles. The first-order chi connectivity index (χ1) is 9.89. The van der Waals surface area contributed by atoms with E-state index in [9.17, 15) is 5.11 Å². The van der Waals surface area contributed by atoms with Crippen molar-refractivity contribution in [3.8, 4) is 11.8 Å². The maximum atomic E-state index is 9.98. The number of aliphatic hydroxyl groups excluding tert-OH is 1. The van der Waals surface area contributed by atoms with Crippen LogP contribution in [-0.2, 0) is 0 Å². The van der Waals surface area contributed by atoms with Crippen molar-refractivity contribution >= 4 is 10.9 Å². The molecule has 5 heteroatoms. The van der Waals surface area contributed by atoms with E-state index in [1.165, 1.54) is 0 Å². The third-order valence-electron chi connectivity index (χ3n) is 3.18. The zero-order chi connectivity index (χ0) is 15.5. The van der Waals surface area contributed by atoms with Crippen LogP contribution in [0.1, 0.15) is 26.5 Å². The Balaban J connectivity index is 2.00. The summed E-state index contributed by atoms with van der Waals surface area (Å²) < 4.78 is 5.70. The average Bonchev–Trinajstić information content (AvgIpc) is 2.85. The number of benzene rings is 1. The van der Waals surface area contributed by atoms with Gasteiger partial charge < -0.3 is 20.1 Å². The van der Waals surface area contributed by atoms with Gasteiger partial charge in [0.15, 0.2) is 0 Å². The Bertz CT molecular complexity index is 650. The number of aromatic amines is 1. The van der Waals surface area contributed by atoms with Crippen molar-refractivity contribution in [2.45, 2.75) is 32.4 Å². The van der Waals surface area contributed by atoms with Gasteiger partial charge in [-0.3, -0.25) is 0 Å². The molecule has 1 heterocycles. The van der Waals surface area contributed by atoms with Gasteiger partial charge in [0, 0.05) is 5.39 Å². The Labute approximate surface area is 124 Å². The second kappa shape index (κ2) is 6.17. The Kier molecular flexibility index (Phi) is 4.51. The van der Waals surface area contributed by atoms with Crippen LogP contribution in [0.4, 0.5) is 0 Å². The van der Waals surface area contributed by atoms with Crippen LogP contribution in [0.15, 0.2) is 24.3 Å². The van der Waals surface area contributed by atoms with Gasteiger partial charge >= 0.3 is 0 Å². The lowest BCUT2D eigenvalue weighted by Crippen LogP contribution is -2.96. The number of H-pyrrole nitrogens is 1. The van der Waals surface area contributed by atoms with E-state index in [4.69, 9.17) is 10.00 Å². The number of nitrogens with one attached hydrogen (secondary N) is 1. The van der Waals surface area contributed by atoms with Crippen molar-refractivity contribution in [1.29, 1.82) is 5.26 Å². The molecule has 0 spiro atoms. The number of hydrogen-bond donors (Lipinski definition) is 3. The molecule has 1 atom stereocenters. The number of fused-ring (bicyclic) bond motifs is 1. The summed E-state index contributed by atoms with van der Waals surface area (Å²) in [6.45, 7) is 7.13. The summed E-state index contributed by atoms with van der Waals surface area (Å²) in [7, 11) is 0. The lowest BCUT2D eigenvalue weighted by atomic mass is 10.1. The molecular weight excluding hydrogens is 266 g/mol. The largest absolute Gasteiger partial charge is 0.490 e. The van der Waals surface area contributed by atoms with E-state index in [1.54, 1.807) is 6.07 Å². The van der Waals surface area contributed by atoms with Gasteiger partial charge in [-0.15, -0.1) is 0 Å². The van der Waals surface area contributed by atoms with Crippen LogP contribution in [0, 0.1) is 11.3 Å². The lowest BCUT2D eigenvalue weighted by Gasteiger charge is -2.19. The van der Waals surface area contributed by atoms with Gasteiger partial charge in [0.1, 0.15) is 36.8 Å². The summed E-state index contributed by atoms with van der Waals surface area (Å²) in [5.74, 6) is 0.681. The fourth-order valence-electron chi connectivity index (χ4n) is 2.06. The molecule has 0 radical (unpaired) electrons. The highest BCUT2D eigenvalue weighted by atomic mass is 16.5. The quantitative estimate of drug-likeness (QED) is 0.771. The summed E-state index contributed by atoms with van der Waals surface area (Å²) in [4.78, 5) is 3.01. The van der Waals surface area contributed by atoms with E-state index in [1.807, 2.05) is 18.2 Å². The molecule has 1 aromatic carbocycles. The van der Waals surface area contributed by atoms with Crippen molar-refractivity contribution in [3.05, 3.63) is 30.0 Å². The Morgan fingerprint density at radius 3 is 2.86 bits per heavy atom.